The van der Waals surface area contributed by atoms with Gasteiger partial charge in [-0.25, -0.2) is 8.42 Å². The van der Waals surface area contributed by atoms with E-state index in [0.29, 0.717) is 23.9 Å². The van der Waals surface area contributed by atoms with Crippen LogP contribution in [0, 0.1) is 12.8 Å². The van der Waals surface area contributed by atoms with Crippen molar-refractivity contribution in [3.05, 3.63) is 29.8 Å². The van der Waals surface area contributed by atoms with Crippen LogP contribution < -0.4 is 5.32 Å². The second-order valence-electron chi connectivity index (χ2n) is 6.00. The number of hydrogen-bond donors (Lipinski definition) is 1. The summed E-state index contributed by atoms with van der Waals surface area (Å²) in [5, 5.41) is 3.42. The smallest absolute Gasteiger partial charge is 0.243 e. The van der Waals surface area contributed by atoms with Gasteiger partial charge in [0.25, 0.3) is 0 Å². The molecule has 2 atom stereocenters. The molecule has 0 aliphatic carbocycles. The molecular formula is C15H24N2O2S. The lowest BCUT2D eigenvalue weighted by Gasteiger charge is -2.39. The Morgan fingerprint density at radius 2 is 1.85 bits per heavy atom. The second kappa shape index (κ2) is 5.84. The Morgan fingerprint density at radius 3 is 2.40 bits per heavy atom. The molecule has 1 aliphatic rings. The zero-order chi connectivity index (χ0) is 14.9. The lowest BCUT2D eigenvalue weighted by atomic mass is 10.0. The normalized spacial score (nSPS) is 25.1. The predicted molar refractivity (Wildman–Crippen MR) is 81.2 cm³/mol. The van der Waals surface area contributed by atoms with Crippen molar-refractivity contribution in [1.82, 2.24) is 9.62 Å². The number of benzene rings is 1. The zero-order valence-corrected chi connectivity index (χ0v) is 13.4. The molecule has 2 rings (SSSR count). The molecule has 0 amide bonds. The van der Waals surface area contributed by atoms with E-state index in [2.05, 4.69) is 19.2 Å². The summed E-state index contributed by atoms with van der Waals surface area (Å²) in [6.07, 6.45) is 0. The highest BCUT2D eigenvalue weighted by Crippen LogP contribution is 2.22. The molecule has 4 nitrogen and oxygen atoms in total. The lowest BCUT2D eigenvalue weighted by molar-refractivity contribution is 0.206. The van der Waals surface area contributed by atoms with E-state index >= 15 is 0 Å². The van der Waals surface area contributed by atoms with Crippen molar-refractivity contribution in [2.24, 2.45) is 5.92 Å². The van der Waals surface area contributed by atoms with Crippen LogP contribution in [0.5, 0.6) is 0 Å². The van der Waals surface area contributed by atoms with Crippen LogP contribution in [0.3, 0.4) is 0 Å². The second-order valence-corrected chi connectivity index (χ2v) is 7.89. The van der Waals surface area contributed by atoms with Gasteiger partial charge in [0.1, 0.15) is 0 Å². The van der Waals surface area contributed by atoms with Crippen LogP contribution in [-0.2, 0) is 10.0 Å². The number of sulfonamides is 1. The minimum Gasteiger partial charge on any atom is -0.311 e. The van der Waals surface area contributed by atoms with Gasteiger partial charge in [-0.2, -0.15) is 4.31 Å². The van der Waals surface area contributed by atoms with Gasteiger partial charge in [0, 0.05) is 25.2 Å². The fourth-order valence-corrected chi connectivity index (χ4v) is 4.15. The Balaban J connectivity index is 2.29. The number of nitrogens with zero attached hydrogens (tertiary/aromatic N) is 1. The highest BCUT2D eigenvalue weighted by atomic mass is 32.2. The molecule has 1 N–H and O–H groups in total. The van der Waals surface area contributed by atoms with Gasteiger partial charge in [-0.15, -0.1) is 0 Å². The van der Waals surface area contributed by atoms with Gasteiger partial charge in [-0.3, -0.25) is 0 Å². The topological polar surface area (TPSA) is 49.4 Å². The van der Waals surface area contributed by atoms with Crippen molar-refractivity contribution in [1.29, 1.82) is 0 Å². The summed E-state index contributed by atoms with van der Waals surface area (Å²) in [7, 11) is -3.40. The fourth-order valence-electron chi connectivity index (χ4n) is 2.49. The molecule has 5 heteroatoms. The van der Waals surface area contributed by atoms with E-state index in [1.54, 1.807) is 16.4 Å². The Morgan fingerprint density at radius 1 is 1.25 bits per heavy atom. The van der Waals surface area contributed by atoms with E-state index in [1.807, 2.05) is 26.0 Å². The Hall–Kier alpha value is -0.910. The van der Waals surface area contributed by atoms with E-state index in [9.17, 15) is 8.42 Å². The van der Waals surface area contributed by atoms with Crippen LogP contribution >= 0.6 is 0 Å². The van der Waals surface area contributed by atoms with Gasteiger partial charge in [0.15, 0.2) is 0 Å². The molecule has 0 bridgehead atoms. The molecule has 0 aromatic heterocycles. The third kappa shape index (κ3) is 3.05. The first-order valence-corrected chi connectivity index (χ1v) is 8.58. The quantitative estimate of drug-likeness (QED) is 0.928. The first kappa shape index (κ1) is 15.5. The summed E-state index contributed by atoms with van der Waals surface area (Å²) in [6.45, 7) is 9.38. The molecular weight excluding hydrogens is 272 g/mol. The Labute approximate surface area is 122 Å². The van der Waals surface area contributed by atoms with Gasteiger partial charge in [-0.1, -0.05) is 31.5 Å². The van der Waals surface area contributed by atoms with Crippen LogP contribution in [0.25, 0.3) is 0 Å². The standard InChI is InChI=1S/C15H24N2O2S/c1-11(2)15-10-17(13(4)9-16-15)20(18,19)14-7-5-12(3)6-8-14/h5-8,11,13,15-16H,9-10H2,1-4H3. The average Bonchev–Trinajstić information content (AvgIpc) is 2.39. The molecule has 0 radical (unpaired) electrons. The number of nitrogens with one attached hydrogen (secondary N) is 1. The third-order valence-electron chi connectivity index (χ3n) is 3.98. The van der Waals surface area contributed by atoms with Gasteiger partial charge in [0.2, 0.25) is 10.0 Å². The third-order valence-corrected chi connectivity index (χ3v) is 5.97. The molecule has 0 saturated carbocycles. The summed E-state index contributed by atoms with van der Waals surface area (Å²) in [6, 6.07) is 7.29. The SMILES string of the molecule is Cc1ccc(S(=O)(=O)N2CC(C(C)C)NCC2C)cc1. The Bertz CT molecular complexity index is 552. The molecule has 1 saturated heterocycles. The van der Waals surface area contributed by atoms with E-state index in [0.717, 1.165) is 5.56 Å². The molecule has 1 heterocycles. The molecule has 1 aliphatic heterocycles. The van der Waals surface area contributed by atoms with Crippen molar-refractivity contribution in [3.8, 4) is 0 Å². The molecule has 112 valence electrons. The molecule has 1 aromatic carbocycles. The van der Waals surface area contributed by atoms with E-state index in [-0.39, 0.29) is 12.1 Å². The van der Waals surface area contributed by atoms with Crippen molar-refractivity contribution < 1.29 is 8.42 Å². The minimum absolute atomic E-state index is 0.0173. The summed E-state index contributed by atoms with van der Waals surface area (Å²) >= 11 is 0. The van der Waals surface area contributed by atoms with E-state index in [4.69, 9.17) is 0 Å². The molecule has 20 heavy (non-hydrogen) atoms. The van der Waals surface area contributed by atoms with Gasteiger partial charge in [0.05, 0.1) is 4.90 Å². The van der Waals surface area contributed by atoms with E-state index in [1.165, 1.54) is 0 Å². The zero-order valence-electron chi connectivity index (χ0n) is 12.6. The molecule has 1 fully saturated rings. The van der Waals surface area contributed by atoms with Crippen molar-refractivity contribution >= 4 is 10.0 Å². The maximum absolute atomic E-state index is 12.8. The minimum atomic E-state index is -3.40. The largest absolute Gasteiger partial charge is 0.311 e. The van der Waals surface area contributed by atoms with Crippen LogP contribution in [0.4, 0.5) is 0 Å². The summed E-state index contributed by atoms with van der Waals surface area (Å²) in [4.78, 5) is 0.388. The summed E-state index contributed by atoms with van der Waals surface area (Å²) in [5.41, 5.74) is 1.07. The summed E-state index contributed by atoms with van der Waals surface area (Å²) < 4.78 is 27.2. The van der Waals surface area contributed by atoms with Gasteiger partial charge < -0.3 is 5.32 Å². The number of hydrogen-bond acceptors (Lipinski definition) is 3. The number of rotatable bonds is 3. The summed E-state index contributed by atoms with van der Waals surface area (Å²) in [5.74, 6) is 0.415. The van der Waals surface area contributed by atoms with Crippen LogP contribution in [0.1, 0.15) is 26.3 Å². The fraction of sp³-hybridized carbons (Fsp3) is 0.600. The number of piperazine rings is 1. The molecule has 0 spiro atoms. The average molecular weight is 296 g/mol. The Kier molecular flexibility index (Phi) is 4.52. The van der Waals surface area contributed by atoms with Gasteiger partial charge in [-0.05, 0) is 31.9 Å². The van der Waals surface area contributed by atoms with Crippen LogP contribution in [-0.4, -0.2) is 37.9 Å². The van der Waals surface area contributed by atoms with Crippen molar-refractivity contribution in [2.75, 3.05) is 13.1 Å². The molecule has 2 unspecified atom stereocenters. The van der Waals surface area contributed by atoms with E-state index < -0.39 is 10.0 Å². The van der Waals surface area contributed by atoms with Crippen molar-refractivity contribution in [3.63, 3.8) is 0 Å². The highest BCUT2D eigenvalue weighted by Gasteiger charge is 2.35. The first-order chi connectivity index (χ1) is 9.32. The maximum atomic E-state index is 12.8. The van der Waals surface area contributed by atoms with Crippen LogP contribution in [0.2, 0.25) is 0 Å². The predicted octanol–water partition coefficient (Wildman–Crippen LogP) is 2.00. The number of aryl methyl sites for hydroxylation is 1. The van der Waals surface area contributed by atoms with Gasteiger partial charge >= 0.3 is 0 Å². The maximum Gasteiger partial charge on any atom is 0.243 e. The molecule has 1 aromatic rings. The van der Waals surface area contributed by atoms with Crippen molar-refractivity contribution in [2.45, 2.75) is 44.7 Å². The monoisotopic (exact) mass is 296 g/mol. The highest BCUT2D eigenvalue weighted by molar-refractivity contribution is 7.89. The first-order valence-electron chi connectivity index (χ1n) is 7.14. The lowest BCUT2D eigenvalue weighted by Crippen LogP contribution is -2.58. The van der Waals surface area contributed by atoms with Crippen LogP contribution in [0.15, 0.2) is 29.2 Å².